The van der Waals surface area contributed by atoms with E-state index < -0.39 is 17.6 Å². The number of ether oxygens (including phenoxy) is 1. The monoisotopic (exact) mass is 343 g/mol. The van der Waals surface area contributed by atoms with E-state index in [1.807, 2.05) is 4.90 Å². The first-order valence-electron chi connectivity index (χ1n) is 7.90. The number of anilines is 1. The van der Waals surface area contributed by atoms with Gasteiger partial charge in [-0.2, -0.15) is 13.2 Å². The number of nitrogens with zero attached hydrogens (tertiary/aromatic N) is 2. The van der Waals surface area contributed by atoms with Crippen LogP contribution in [0.2, 0.25) is 0 Å². The summed E-state index contributed by atoms with van der Waals surface area (Å²) < 4.78 is 44.1. The normalized spacial score (nSPS) is 22.5. The molecule has 0 bridgehead atoms. The Morgan fingerprint density at radius 1 is 1.50 bits per heavy atom. The van der Waals surface area contributed by atoms with Crippen LogP contribution < -0.4 is 15.4 Å². The highest BCUT2D eigenvalue weighted by atomic mass is 19.4. The van der Waals surface area contributed by atoms with Gasteiger partial charge in [0.05, 0.1) is 19.0 Å². The molecule has 5 nitrogen and oxygen atoms in total. The van der Waals surface area contributed by atoms with Crippen LogP contribution in [-0.2, 0) is 11.0 Å². The minimum Gasteiger partial charge on any atom is -0.481 e. The summed E-state index contributed by atoms with van der Waals surface area (Å²) in [6, 6.07) is 1.09. The molecule has 24 heavy (non-hydrogen) atoms. The van der Waals surface area contributed by atoms with Crippen LogP contribution in [0.15, 0.2) is 12.3 Å². The molecule has 2 heterocycles. The van der Waals surface area contributed by atoms with Gasteiger partial charge in [0.2, 0.25) is 11.8 Å². The van der Waals surface area contributed by atoms with Gasteiger partial charge in [-0.3, -0.25) is 4.79 Å². The zero-order chi connectivity index (χ0) is 17.5. The smallest absolute Gasteiger partial charge is 0.421 e. The van der Waals surface area contributed by atoms with Gasteiger partial charge in [-0.1, -0.05) is 0 Å². The molecular formula is C16H20F3N3O2. The van der Waals surface area contributed by atoms with E-state index in [1.165, 1.54) is 13.3 Å². The molecule has 2 aliphatic rings. The fraction of sp³-hybridized carbons (Fsp3) is 0.625. The van der Waals surface area contributed by atoms with Gasteiger partial charge in [-0.05, 0) is 36.7 Å². The Labute approximate surface area is 138 Å². The maximum atomic E-state index is 13.1. The number of aromatic nitrogens is 1. The van der Waals surface area contributed by atoms with Gasteiger partial charge in [0, 0.05) is 19.5 Å². The van der Waals surface area contributed by atoms with Crippen LogP contribution in [-0.4, -0.2) is 31.1 Å². The van der Waals surface area contributed by atoms with Crippen LogP contribution in [0.3, 0.4) is 0 Å². The summed E-state index contributed by atoms with van der Waals surface area (Å²) in [6.45, 7) is 1.27. The number of hydrogen-bond acceptors (Lipinski definition) is 4. The summed E-state index contributed by atoms with van der Waals surface area (Å²) in [5.74, 6) is -0.452. The largest absolute Gasteiger partial charge is 0.481 e. The third-order valence-corrected chi connectivity index (χ3v) is 5.17. The first kappa shape index (κ1) is 16.9. The van der Waals surface area contributed by atoms with Gasteiger partial charge < -0.3 is 15.4 Å². The first-order chi connectivity index (χ1) is 11.2. The van der Waals surface area contributed by atoms with E-state index in [-0.39, 0.29) is 17.2 Å². The molecule has 8 heteroatoms. The van der Waals surface area contributed by atoms with Crippen molar-refractivity contribution in [3.63, 3.8) is 0 Å². The average molecular weight is 343 g/mol. The molecule has 0 aromatic carbocycles. The number of carbonyl (C=O) groups excluding carboxylic acids is 1. The molecule has 2 fully saturated rings. The topological polar surface area (TPSA) is 68.4 Å². The van der Waals surface area contributed by atoms with Crippen molar-refractivity contribution >= 4 is 11.6 Å². The van der Waals surface area contributed by atoms with Crippen LogP contribution in [0.25, 0.3) is 0 Å². The van der Waals surface area contributed by atoms with Crippen LogP contribution in [0.4, 0.5) is 18.9 Å². The number of methoxy groups -OCH3 is 1. The Hall–Kier alpha value is -1.99. The van der Waals surface area contributed by atoms with Crippen molar-refractivity contribution < 1.29 is 22.7 Å². The number of alkyl halides is 3. The van der Waals surface area contributed by atoms with Gasteiger partial charge in [-0.15, -0.1) is 0 Å². The fourth-order valence-corrected chi connectivity index (χ4v) is 3.71. The zero-order valence-corrected chi connectivity index (χ0v) is 13.4. The Balaban J connectivity index is 1.78. The SMILES string of the molecule is COc1ncc(N2CC[C@H](C3(CC(N)=O)CC3)C2)cc1C(F)(F)F. The predicted molar refractivity (Wildman–Crippen MR) is 81.6 cm³/mol. The van der Waals surface area contributed by atoms with E-state index in [0.717, 1.165) is 25.3 Å². The standard InChI is InChI=1S/C16H20F3N3O2/c1-24-14-12(16(17,18)19)6-11(8-21-14)22-5-2-10(9-22)15(3-4-15)7-13(20)23/h6,8,10H,2-5,7,9H2,1H3,(H2,20,23)/t10-/m0/s1. The Bertz CT molecular complexity index is 644. The van der Waals surface area contributed by atoms with Gasteiger partial charge in [-0.25, -0.2) is 4.98 Å². The molecule has 1 atom stereocenters. The lowest BCUT2D eigenvalue weighted by Crippen LogP contribution is -2.27. The summed E-state index contributed by atoms with van der Waals surface area (Å²) in [4.78, 5) is 16.9. The van der Waals surface area contributed by atoms with Crippen molar-refractivity contribution in [1.82, 2.24) is 4.98 Å². The van der Waals surface area contributed by atoms with Crippen molar-refractivity contribution in [3.05, 3.63) is 17.8 Å². The van der Waals surface area contributed by atoms with Crippen molar-refractivity contribution in [2.45, 2.75) is 31.9 Å². The van der Waals surface area contributed by atoms with Crippen LogP contribution >= 0.6 is 0 Å². The summed E-state index contributed by atoms with van der Waals surface area (Å²) in [7, 11) is 1.17. The molecule has 1 aromatic rings. The number of hydrogen-bond donors (Lipinski definition) is 1. The van der Waals surface area contributed by atoms with Crippen molar-refractivity contribution in [2.75, 3.05) is 25.1 Å². The van der Waals surface area contributed by atoms with Crippen molar-refractivity contribution in [3.8, 4) is 5.88 Å². The molecule has 1 aromatic heterocycles. The number of carbonyl (C=O) groups is 1. The molecule has 1 aliphatic heterocycles. The molecule has 1 saturated carbocycles. The minimum absolute atomic E-state index is 0.0483. The number of pyridine rings is 1. The molecule has 0 spiro atoms. The number of halogens is 3. The second kappa shape index (κ2) is 5.82. The number of amides is 1. The molecule has 2 N–H and O–H groups in total. The molecule has 0 unspecified atom stereocenters. The van der Waals surface area contributed by atoms with E-state index in [2.05, 4.69) is 4.98 Å². The molecule has 3 rings (SSSR count). The lowest BCUT2D eigenvalue weighted by Gasteiger charge is -2.24. The second-order valence-corrected chi connectivity index (χ2v) is 6.69. The third kappa shape index (κ3) is 3.14. The molecular weight excluding hydrogens is 323 g/mol. The molecule has 1 amide bonds. The molecule has 132 valence electrons. The number of primary amides is 1. The average Bonchev–Trinajstić information content (AvgIpc) is 3.10. The second-order valence-electron chi connectivity index (χ2n) is 6.69. The van der Waals surface area contributed by atoms with Gasteiger partial charge in [0.1, 0.15) is 5.56 Å². The fourth-order valence-electron chi connectivity index (χ4n) is 3.71. The minimum atomic E-state index is -4.52. The van der Waals surface area contributed by atoms with Crippen LogP contribution in [0.5, 0.6) is 5.88 Å². The summed E-state index contributed by atoms with van der Waals surface area (Å²) in [5, 5.41) is 0. The lowest BCUT2D eigenvalue weighted by atomic mass is 9.85. The summed E-state index contributed by atoms with van der Waals surface area (Å²) in [5.41, 5.74) is 4.84. The van der Waals surface area contributed by atoms with Gasteiger partial charge >= 0.3 is 6.18 Å². The quantitative estimate of drug-likeness (QED) is 0.892. The van der Waals surface area contributed by atoms with E-state index in [0.29, 0.717) is 25.2 Å². The summed E-state index contributed by atoms with van der Waals surface area (Å²) in [6.07, 6.45) is 0.0221. The number of rotatable bonds is 5. The Morgan fingerprint density at radius 3 is 2.75 bits per heavy atom. The predicted octanol–water partition coefficient (Wildman–Crippen LogP) is 2.59. The number of nitrogens with two attached hydrogens (primary N) is 1. The van der Waals surface area contributed by atoms with Crippen molar-refractivity contribution in [2.24, 2.45) is 17.1 Å². The van der Waals surface area contributed by atoms with Gasteiger partial charge in [0.25, 0.3) is 0 Å². The van der Waals surface area contributed by atoms with Crippen LogP contribution in [0, 0.1) is 11.3 Å². The van der Waals surface area contributed by atoms with E-state index >= 15 is 0 Å². The molecule has 0 radical (unpaired) electrons. The maximum absolute atomic E-state index is 13.1. The van der Waals surface area contributed by atoms with E-state index in [9.17, 15) is 18.0 Å². The molecule has 1 aliphatic carbocycles. The summed E-state index contributed by atoms with van der Waals surface area (Å²) >= 11 is 0. The van der Waals surface area contributed by atoms with Crippen molar-refractivity contribution in [1.29, 1.82) is 0 Å². The maximum Gasteiger partial charge on any atom is 0.421 e. The first-order valence-corrected chi connectivity index (χ1v) is 7.90. The van der Waals surface area contributed by atoms with Gasteiger partial charge in [0.15, 0.2) is 0 Å². The highest BCUT2D eigenvalue weighted by Gasteiger charge is 2.51. The lowest BCUT2D eigenvalue weighted by molar-refractivity contribution is -0.139. The van der Waals surface area contributed by atoms with Crippen LogP contribution in [0.1, 0.15) is 31.2 Å². The Kier molecular flexibility index (Phi) is 4.09. The molecule has 1 saturated heterocycles. The zero-order valence-electron chi connectivity index (χ0n) is 13.4. The van der Waals surface area contributed by atoms with E-state index in [1.54, 1.807) is 0 Å². The highest BCUT2D eigenvalue weighted by Crippen LogP contribution is 2.57. The highest BCUT2D eigenvalue weighted by molar-refractivity contribution is 5.75. The Morgan fingerprint density at radius 2 is 2.21 bits per heavy atom. The third-order valence-electron chi connectivity index (χ3n) is 5.17. The van der Waals surface area contributed by atoms with E-state index in [4.69, 9.17) is 10.5 Å².